The second kappa shape index (κ2) is 6.67. The molecule has 2 aliphatic rings. The number of halogens is 2. The van der Waals surface area contributed by atoms with Crippen LogP contribution >= 0.6 is 23.2 Å². The van der Waals surface area contributed by atoms with Crippen LogP contribution in [0.4, 0.5) is 6.01 Å². The van der Waals surface area contributed by atoms with Crippen molar-refractivity contribution in [2.24, 2.45) is 17.3 Å². The number of carbonyl (C=O) groups is 1. The van der Waals surface area contributed by atoms with Crippen molar-refractivity contribution in [1.29, 1.82) is 0 Å². The Morgan fingerprint density at radius 2 is 1.93 bits per heavy atom. The molecule has 2 aromatic rings. The predicted molar refractivity (Wildman–Crippen MR) is 106 cm³/mol. The maximum absolute atomic E-state index is 12.9. The van der Waals surface area contributed by atoms with Crippen molar-refractivity contribution < 1.29 is 9.21 Å². The van der Waals surface area contributed by atoms with Crippen LogP contribution in [0.5, 0.6) is 0 Å². The Labute approximate surface area is 168 Å². The summed E-state index contributed by atoms with van der Waals surface area (Å²) in [6, 6.07) is 4.36. The molecule has 0 radical (unpaired) electrons. The minimum atomic E-state index is -0.104. The number of carbonyl (C=O) groups excluding carboxylic acids is 1. The van der Waals surface area contributed by atoms with Gasteiger partial charge in [-0.05, 0) is 36.5 Å². The zero-order chi connectivity index (χ0) is 19.3. The van der Waals surface area contributed by atoms with E-state index in [1.165, 1.54) is 0 Å². The van der Waals surface area contributed by atoms with Crippen molar-refractivity contribution in [2.75, 3.05) is 31.1 Å². The Morgan fingerprint density at radius 1 is 1.22 bits per heavy atom. The fourth-order valence-electron chi connectivity index (χ4n) is 3.95. The summed E-state index contributed by atoms with van der Waals surface area (Å²) in [4.78, 5) is 25.8. The second-order valence-electron chi connectivity index (χ2n) is 7.86. The number of pyridine rings is 1. The summed E-state index contributed by atoms with van der Waals surface area (Å²) in [5, 5.41) is 0. The number of hydrogen-bond acceptors (Lipinski definition) is 5. The van der Waals surface area contributed by atoms with E-state index in [2.05, 4.69) is 28.7 Å². The lowest BCUT2D eigenvalue weighted by atomic mass is 10.1. The Hall–Kier alpha value is -1.79. The first-order valence-electron chi connectivity index (χ1n) is 9.08. The van der Waals surface area contributed by atoms with E-state index in [9.17, 15) is 4.79 Å². The molecule has 0 spiro atoms. The van der Waals surface area contributed by atoms with Gasteiger partial charge >= 0.3 is 0 Å². The number of allylic oxidation sites excluding steroid dienone is 1. The molecule has 2 fully saturated rings. The fraction of sp³-hybridized carbons (Fsp3) is 0.526. The topological polar surface area (TPSA) is 62.5 Å². The molecule has 2 atom stereocenters. The molecule has 0 N–H and O–H groups in total. The number of aromatic nitrogens is 2. The normalized spacial score (nSPS) is 24.2. The molecule has 8 heteroatoms. The highest BCUT2D eigenvalue weighted by molar-refractivity contribution is 6.55. The maximum Gasteiger partial charge on any atom is 0.300 e. The number of amides is 1. The van der Waals surface area contributed by atoms with Crippen LogP contribution in [-0.2, 0) is 4.79 Å². The highest BCUT2D eigenvalue weighted by Crippen LogP contribution is 2.60. The van der Waals surface area contributed by atoms with Crippen LogP contribution < -0.4 is 4.90 Å². The molecular weight excluding hydrogens is 387 g/mol. The van der Waals surface area contributed by atoms with E-state index in [-0.39, 0.29) is 27.6 Å². The Balaban J connectivity index is 1.41. The zero-order valence-corrected chi connectivity index (χ0v) is 17.1. The number of nitrogens with zero attached hydrogens (tertiary/aromatic N) is 4. The molecule has 1 saturated carbocycles. The lowest BCUT2D eigenvalue weighted by molar-refractivity contribution is -0.133. The van der Waals surface area contributed by atoms with Gasteiger partial charge in [-0.15, -0.1) is 0 Å². The molecule has 6 nitrogen and oxygen atoms in total. The average Bonchev–Trinajstić information content (AvgIpc) is 2.96. The molecule has 1 saturated heterocycles. The SMILES string of the molecule is Cc1ccc2oc(N3CCN(C(=O)[C@@H]4[C@@H](C=C(Cl)Cl)C4(C)C)CC3)nc2n1. The molecule has 0 bridgehead atoms. The molecule has 2 aromatic heterocycles. The van der Waals surface area contributed by atoms with Crippen molar-refractivity contribution in [1.82, 2.24) is 14.9 Å². The van der Waals surface area contributed by atoms with Gasteiger partial charge in [0.2, 0.25) is 11.6 Å². The first-order valence-corrected chi connectivity index (χ1v) is 9.83. The van der Waals surface area contributed by atoms with Gasteiger partial charge in [0.15, 0.2) is 5.58 Å². The van der Waals surface area contributed by atoms with Crippen LogP contribution in [0.1, 0.15) is 19.5 Å². The molecule has 27 heavy (non-hydrogen) atoms. The van der Waals surface area contributed by atoms with E-state index in [1.807, 2.05) is 24.0 Å². The fourth-order valence-corrected chi connectivity index (χ4v) is 4.22. The first kappa shape index (κ1) is 18.6. The van der Waals surface area contributed by atoms with Crippen LogP contribution in [0, 0.1) is 24.2 Å². The molecule has 144 valence electrons. The molecule has 1 aliphatic heterocycles. The quantitative estimate of drug-likeness (QED) is 0.773. The van der Waals surface area contributed by atoms with Crippen LogP contribution in [0.2, 0.25) is 0 Å². The van der Waals surface area contributed by atoms with Gasteiger partial charge in [0.05, 0.1) is 5.92 Å². The summed E-state index contributed by atoms with van der Waals surface area (Å²) in [7, 11) is 0. The van der Waals surface area contributed by atoms with Crippen LogP contribution in [-0.4, -0.2) is 47.0 Å². The van der Waals surface area contributed by atoms with Crippen molar-refractivity contribution in [3.05, 3.63) is 28.4 Å². The molecule has 1 aliphatic carbocycles. The number of aryl methyl sites for hydroxylation is 1. The van der Waals surface area contributed by atoms with E-state index in [1.54, 1.807) is 6.08 Å². The third kappa shape index (κ3) is 3.41. The van der Waals surface area contributed by atoms with E-state index in [0.717, 1.165) is 5.69 Å². The van der Waals surface area contributed by atoms with Crippen molar-refractivity contribution >= 4 is 46.4 Å². The van der Waals surface area contributed by atoms with E-state index in [0.29, 0.717) is 43.4 Å². The number of oxazole rings is 1. The lowest BCUT2D eigenvalue weighted by Crippen LogP contribution is -2.49. The zero-order valence-electron chi connectivity index (χ0n) is 15.6. The third-order valence-electron chi connectivity index (χ3n) is 5.73. The number of fused-ring (bicyclic) bond motifs is 1. The summed E-state index contributed by atoms with van der Waals surface area (Å²) in [6.45, 7) is 8.73. The standard InChI is InChI=1S/C19H22Cl2N4O2/c1-11-4-5-13-16(22-11)23-18(27-13)25-8-6-24(7-9-25)17(26)15-12(10-14(20)21)19(15,2)3/h4-5,10,12,15H,6-9H2,1-3H3/t12-,15+/m1/s1. The Morgan fingerprint density at radius 3 is 2.59 bits per heavy atom. The largest absolute Gasteiger partial charge is 0.422 e. The number of piperazine rings is 1. The monoisotopic (exact) mass is 408 g/mol. The summed E-state index contributed by atoms with van der Waals surface area (Å²) < 4.78 is 6.05. The number of hydrogen-bond donors (Lipinski definition) is 0. The summed E-state index contributed by atoms with van der Waals surface area (Å²) in [6.07, 6.45) is 1.79. The molecule has 0 unspecified atom stereocenters. The third-order valence-corrected chi connectivity index (χ3v) is 5.98. The maximum atomic E-state index is 12.9. The van der Waals surface area contributed by atoms with Crippen molar-refractivity contribution in [2.45, 2.75) is 20.8 Å². The molecule has 1 amide bonds. The summed E-state index contributed by atoms with van der Waals surface area (Å²) in [5.41, 5.74) is 2.11. The van der Waals surface area contributed by atoms with E-state index < -0.39 is 0 Å². The summed E-state index contributed by atoms with van der Waals surface area (Å²) >= 11 is 11.6. The Kier molecular flexibility index (Phi) is 4.59. The van der Waals surface area contributed by atoms with Gasteiger partial charge < -0.3 is 14.2 Å². The minimum Gasteiger partial charge on any atom is -0.422 e. The second-order valence-corrected chi connectivity index (χ2v) is 8.87. The molecule has 3 heterocycles. The number of rotatable bonds is 3. The van der Waals surface area contributed by atoms with Gasteiger partial charge in [-0.25, -0.2) is 4.98 Å². The van der Waals surface area contributed by atoms with Crippen LogP contribution in [0.3, 0.4) is 0 Å². The summed E-state index contributed by atoms with van der Waals surface area (Å²) in [5.74, 6) is 0.206. The average molecular weight is 409 g/mol. The van der Waals surface area contributed by atoms with Gasteiger partial charge in [0.1, 0.15) is 4.49 Å². The Bertz CT molecular complexity index is 912. The molecular formula is C19H22Cl2N4O2. The van der Waals surface area contributed by atoms with Gasteiger partial charge in [0, 0.05) is 31.9 Å². The van der Waals surface area contributed by atoms with E-state index in [4.69, 9.17) is 27.6 Å². The predicted octanol–water partition coefficient (Wildman–Crippen LogP) is 3.77. The highest BCUT2D eigenvalue weighted by Gasteiger charge is 2.61. The molecule has 4 rings (SSSR count). The highest BCUT2D eigenvalue weighted by atomic mass is 35.5. The minimum absolute atomic E-state index is 0.0620. The van der Waals surface area contributed by atoms with Gasteiger partial charge in [-0.2, -0.15) is 4.98 Å². The van der Waals surface area contributed by atoms with Gasteiger partial charge in [-0.3, -0.25) is 4.79 Å². The number of anilines is 1. The van der Waals surface area contributed by atoms with Crippen molar-refractivity contribution in [3.63, 3.8) is 0 Å². The smallest absolute Gasteiger partial charge is 0.300 e. The van der Waals surface area contributed by atoms with Crippen LogP contribution in [0.25, 0.3) is 11.2 Å². The van der Waals surface area contributed by atoms with Crippen LogP contribution in [0.15, 0.2) is 27.1 Å². The lowest BCUT2D eigenvalue weighted by Gasteiger charge is -2.34. The molecule has 0 aromatic carbocycles. The first-order chi connectivity index (χ1) is 12.8. The van der Waals surface area contributed by atoms with Gasteiger partial charge in [-0.1, -0.05) is 37.0 Å². The van der Waals surface area contributed by atoms with E-state index >= 15 is 0 Å². The van der Waals surface area contributed by atoms with Crippen molar-refractivity contribution in [3.8, 4) is 0 Å². The van der Waals surface area contributed by atoms with Gasteiger partial charge in [0.25, 0.3) is 6.01 Å².